The summed E-state index contributed by atoms with van der Waals surface area (Å²) in [6.07, 6.45) is 0.851. The second kappa shape index (κ2) is 8.94. The Hall–Kier alpha value is -2.21. The van der Waals surface area contributed by atoms with Crippen LogP contribution in [0.25, 0.3) is 0 Å². The summed E-state index contributed by atoms with van der Waals surface area (Å²) in [5, 5.41) is 5.57. The first kappa shape index (κ1) is 17.8. The molecule has 2 amide bonds. The van der Waals surface area contributed by atoms with E-state index in [1.54, 1.807) is 7.05 Å². The molecule has 6 heteroatoms. The van der Waals surface area contributed by atoms with Gasteiger partial charge in [0.05, 0.1) is 12.1 Å². The van der Waals surface area contributed by atoms with Crippen molar-refractivity contribution in [1.29, 1.82) is 0 Å². The van der Waals surface area contributed by atoms with Crippen LogP contribution >= 0.6 is 0 Å². The molecule has 0 aliphatic rings. The average Bonchev–Trinajstić information content (AvgIpc) is 2.47. The maximum absolute atomic E-state index is 12.2. The molecule has 6 nitrogen and oxygen atoms in total. The lowest BCUT2D eigenvalue weighted by Crippen LogP contribution is -2.50. The first-order valence-corrected chi connectivity index (χ1v) is 7.24. The lowest BCUT2D eigenvalue weighted by molar-refractivity contribution is -0.128. The van der Waals surface area contributed by atoms with Crippen LogP contribution in [0.4, 0.5) is 0 Å². The van der Waals surface area contributed by atoms with E-state index in [1.807, 2.05) is 30.3 Å². The molecular formula is C16H23N3O3. The van der Waals surface area contributed by atoms with E-state index >= 15 is 0 Å². The second-order valence-electron chi connectivity index (χ2n) is 5.21. The van der Waals surface area contributed by atoms with Gasteiger partial charge in [-0.15, -0.1) is 0 Å². The Morgan fingerprint density at radius 2 is 1.77 bits per heavy atom. The summed E-state index contributed by atoms with van der Waals surface area (Å²) >= 11 is 0. The minimum absolute atomic E-state index is 0.109. The molecule has 4 N–H and O–H groups in total. The van der Waals surface area contributed by atoms with Crippen LogP contribution in [0.5, 0.6) is 0 Å². The van der Waals surface area contributed by atoms with Gasteiger partial charge in [0.15, 0.2) is 5.78 Å². The lowest BCUT2D eigenvalue weighted by Gasteiger charge is -2.20. The molecule has 2 atom stereocenters. The summed E-state index contributed by atoms with van der Waals surface area (Å²) in [6.45, 7) is 1.45. The third-order valence-corrected chi connectivity index (χ3v) is 3.43. The van der Waals surface area contributed by atoms with Crippen molar-refractivity contribution in [2.45, 2.75) is 38.3 Å². The van der Waals surface area contributed by atoms with Gasteiger partial charge in [-0.05, 0) is 32.4 Å². The van der Waals surface area contributed by atoms with Gasteiger partial charge in [0.25, 0.3) is 0 Å². The van der Waals surface area contributed by atoms with Crippen LogP contribution in [-0.2, 0) is 20.8 Å². The van der Waals surface area contributed by atoms with Crippen LogP contribution in [0.2, 0.25) is 0 Å². The summed E-state index contributed by atoms with van der Waals surface area (Å²) in [4.78, 5) is 34.8. The van der Waals surface area contributed by atoms with E-state index in [-0.39, 0.29) is 18.1 Å². The fraction of sp³-hybridized carbons (Fsp3) is 0.438. The van der Waals surface area contributed by atoms with Crippen LogP contribution in [0, 0.1) is 0 Å². The lowest BCUT2D eigenvalue weighted by atomic mass is 10.0. The highest BCUT2D eigenvalue weighted by molar-refractivity contribution is 5.90. The Balaban J connectivity index is 2.66. The highest BCUT2D eigenvalue weighted by atomic mass is 16.2. The molecular weight excluding hydrogens is 282 g/mol. The fourth-order valence-electron chi connectivity index (χ4n) is 2.11. The Morgan fingerprint density at radius 3 is 2.27 bits per heavy atom. The zero-order valence-corrected chi connectivity index (χ0v) is 13.0. The Bertz CT molecular complexity index is 517. The van der Waals surface area contributed by atoms with Crippen molar-refractivity contribution in [3.05, 3.63) is 35.9 Å². The molecule has 0 heterocycles. The van der Waals surface area contributed by atoms with Gasteiger partial charge in [0.2, 0.25) is 11.8 Å². The summed E-state index contributed by atoms with van der Waals surface area (Å²) in [5.41, 5.74) is 6.07. The van der Waals surface area contributed by atoms with Gasteiger partial charge in [0, 0.05) is 6.42 Å². The molecule has 0 saturated carbocycles. The van der Waals surface area contributed by atoms with Gasteiger partial charge in [-0.3, -0.25) is 14.4 Å². The van der Waals surface area contributed by atoms with Crippen molar-refractivity contribution in [3.8, 4) is 0 Å². The number of likely N-dealkylation sites (N-methyl/N-ethyl adjacent to an activating group) is 1. The Morgan fingerprint density at radius 1 is 1.14 bits per heavy atom. The van der Waals surface area contributed by atoms with E-state index in [0.29, 0.717) is 12.8 Å². The smallest absolute Gasteiger partial charge is 0.237 e. The van der Waals surface area contributed by atoms with Gasteiger partial charge in [-0.2, -0.15) is 0 Å². The molecule has 22 heavy (non-hydrogen) atoms. The van der Waals surface area contributed by atoms with Crippen molar-refractivity contribution < 1.29 is 14.4 Å². The van der Waals surface area contributed by atoms with E-state index in [1.165, 1.54) is 6.92 Å². The number of hydrogen-bond donors (Lipinski definition) is 3. The number of Topliss-reactive ketones (excluding diaryl/α,β-unsaturated/α-hetero) is 1. The highest BCUT2D eigenvalue weighted by Crippen LogP contribution is 2.05. The van der Waals surface area contributed by atoms with Gasteiger partial charge in [0.1, 0.15) is 0 Å². The number of nitrogens with two attached hydrogens (primary N) is 1. The standard InChI is InChI=1S/C16H23N3O3/c1-11(20)14(10-12-6-4-3-5-7-12)19-16(22)13(18-2)8-9-15(17)21/h3-7,13-14,18H,8-10H2,1-2H3,(H2,17,21)(H,19,22). The maximum atomic E-state index is 12.2. The largest absolute Gasteiger partial charge is 0.370 e. The molecule has 2 unspecified atom stereocenters. The minimum atomic E-state index is -0.584. The maximum Gasteiger partial charge on any atom is 0.237 e. The predicted octanol–water partition coefficient (Wildman–Crippen LogP) is 0.156. The SMILES string of the molecule is CNC(CCC(N)=O)C(=O)NC(Cc1ccccc1)C(C)=O. The predicted molar refractivity (Wildman–Crippen MR) is 84.0 cm³/mol. The first-order chi connectivity index (χ1) is 10.4. The molecule has 0 aromatic heterocycles. The molecule has 0 saturated heterocycles. The second-order valence-corrected chi connectivity index (χ2v) is 5.21. The van der Waals surface area contributed by atoms with Crippen molar-refractivity contribution in [2.75, 3.05) is 7.05 Å². The topological polar surface area (TPSA) is 101 Å². The molecule has 0 fully saturated rings. The van der Waals surface area contributed by atoms with Gasteiger partial charge >= 0.3 is 0 Å². The van der Waals surface area contributed by atoms with Crippen LogP contribution in [0.15, 0.2) is 30.3 Å². The molecule has 1 aromatic carbocycles. The van der Waals surface area contributed by atoms with Gasteiger partial charge in [-0.1, -0.05) is 30.3 Å². The number of hydrogen-bond acceptors (Lipinski definition) is 4. The molecule has 0 aliphatic heterocycles. The third-order valence-electron chi connectivity index (χ3n) is 3.43. The summed E-state index contributed by atoms with van der Waals surface area (Å²) in [6, 6.07) is 8.35. The number of benzene rings is 1. The number of primary amides is 1. The number of ketones is 1. The van der Waals surface area contributed by atoms with Gasteiger partial charge < -0.3 is 16.4 Å². The van der Waals surface area contributed by atoms with E-state index in [0.717, 1.165) is 5.56 Å². The Labute approximate surface area is 130 Å². The van der Waals surface area contributed by atoms with E-state index < -0.39 is 18.0 Å². The summed E-state index contributed by atoms with van der Waals surface area (Å²) in [5.74, 6) is -0.873. The van der Waals surface area contributed by atoms with Gasteiger partial charge in [-0.25, -0.2) is 0 Å². The van der Waals surface area contributed by atoms with Crippen LogP contribution in [0.3, 0.4) is 0 Å². The number of carbonyl (C=O) groups excluding carboxylic acids is 3. The summed E-state index contributed by atoms with van der Waals surface area (Å²) in [7, 11) is 1.63. The molecule has 120 valence electrons. The molecule has 0 spiro atoms. The van der Waals surface area contributed by atoms with E-state index in [4.69, 9.17) is 5.73 Å². The number of nitrogens with one attached hydrogen (secondary N) is 2. The van der Waals surface area contributed by atoms with Crippen molar-refractivity contribution in [2.24, 2.45) is 5.73 Å². The monoisotopic (exact) mass is 305 g/mol. The van der Waals surface area contributed by atoms with Crippen LogP contribution in [0.1, 0.15) is 25.3 Å². The zero-order chi connectivity index (χ0) is 16.5. The van der Waals surface area contributed by atoms with E-state index in [9.17, 15) is 14.4 Å². The molecule has 0 radical (unpaired) electrons. The quantitative estimate of drug-likeness (QED) is 0.604. The van der Waals surface area contributed by atoms with E-state index in [2.05, 4.69) is 10.6 Å². The number of amides is 2. The summed E-state index contributed by atoms with van der Waals surface area (Å²) < 4.78 is 0. The van der Waals surface area contributed by atoms with Crippen molar-refractivity contribution in [3.63, 3.8) is 0 Å². The first-order valence-electron chi connectivity index (χ1n) is 7.24. The number of carbonyl (C=O) groups is 3. The molecule has 1 aromatic rings. The van der Waals surface area contributed by atoms with Crippen LogP contribution in [-0.4, -0.2) is 36.7 Å². The van der Waals surface area contributed by atoms with Crippen molar-refractivity contribution >= 4 is 17.6 Å². The normalized spacial score (nSPS) is 13.2. The molecule has 0 aliphatic carbocycles. The third kappa shape index (κ3) is 6.05. The van der Waals surface area contributed by atoms with Crippen LogP contribution < -0.4 is 16.4 Å². The fourth-order valence-corrected chi connectivity index (χ4v) is 2.11. The van der Waals surface area contributed by atoms with Crippen molar-refractivity contribution in [1.82, 2.24) is 10.6 Å². The highest BCUT2D eigenvalue weighted by Gasteiger charge is 2.23. The average molecular weight is 305 g/mol. The Kier molecular flexibility index (Phi) is 7.25. The minimum Gasteiger partial charge on any atom is -0.370 e. The zero-order valence-electron chi connectivity index (χ0n) is 13.0. The molecule has 1 rings (SSSR count). The molecule has 0 bridgehead atoms. The number of rotatable bonds is 9.